The molecule has 1 aromatic carbocycles. The Bertz CT molecular complexity index is 503. The molecule has 0 aromatic heterocycles. The number of rotatable bonds is 7. The van der Waals surface area contributed by atoms with Crippen molar-refractivity contribution in [1.82, 2.24) is 9.80 Å². The predicted molar refractivity (Wildman–Crippen MR) is 83.6 cm³/mol. The molecule has 0 fully saturated rings. The molecule has 22 heavy (non-hydrogen) atoms. The van der Waals surface area contributed by atoms with Crippen LogP contribution in [0.15, 0.2) is 30.3 Å². The molecular formula is C16H23N3O3. The number of hydrogen-bond acceptors (Lipinski definition) is 4. The molecule has 0 saturated heterocycles. The van der Waals surface area contributed by atoms with E-state index in [9.17, 15) is 14.4 Å². The number of hydrogen-bond donors (Lipinski definition) is 1. The Morgan fingerprint density at radius 2 is 1.82 bits per heavy atom. The Kier molecular flexibility index (Phi) is 7.25. The third kappa shape index (κ3) is 4.96. The summed E-state index contributed by atoms with van der Waals surface area (Å²) in [6.07, 6.45) is 0.856. The van der Waals surface area contributed by atoms with E-state index in [1.165, 1.54) is 4.90 Å². The van der Waals surface area contributed by atoms with Gasteiger partial charge >= 0.3 is 11.8 Å². The van der Waals surface area contributed by atoms with Crippen molar-refractivity contribution in [2.45, 2.75) is 32.9 Å². The molecule has 2 N–H and O–H groups in total. The fourth-order valence-electron chi connectivity index (χ4n) is 1.98. The molecule has 0 aliphatic heterocycles. The SMILES string of the molecule is CC(C)N(Cc1ccccc1)C(=O)C(=O)N(C=O)CCCN. The van der Waals surface area contributed by atoms with Gasteiger partial charge in [-0.15, -0.1) is 0 Å². The van der Waals surface area contributed by atoms with Gasteiger partial charge in [-0.05, 0) is 32.4 Å². The number of carbonyl (C=O) groups excluding carboxylic acids is 3. The number of nitrogens with two attached hydrogens (primary N) is 1. The molecule has 0 atom stereocenters. The van der Waals surface area contributed by atoms with Gasteiger partial charge in [0, 0.05) is 19.1 Å². The summed E-state index contributed by atoms with van der Waals surface area (Å²) in [6.45, 7) is 4.50. The van der Waals surface area contributed by atoms with E-state index in [2.05, 4.69) is 0 Å². The second kappa shape index (κ2) is 8.94. The molecule has 1 aromatic rings. The van der Waals surface area contributed by atoms with Crippen LogP contribution in [0.2, 0.25) is 0 Å². The van der Waals surface area contributed by atoms with Crippen molar-refractivity contribution in [3.05, 3.63) is 35.9 Å². The van der Waals surface area contributed by atoms with Crippen LogP contribution in [0.4, 0.5) is 0 Å². The minimum absolute atomic E-state index is 0.153. The standard InChI is InChI=1S/C16H23N3O3/c1-13(2)19(11-14-7-4-3-5-8-14)16(22)15(21)18(12-20)10-6-9-17/h3-5,7-8,12-13H,6,9-11,17H2,1-2H3. The van der Waals surface area contributed by atoms with Crippen molar-refractivity contribution in [3.8, 4) is 0 Å². The van der Waals surface area contributed by atoms with Crippen LogP contribution in [0.25, 0.3) is 0 Å². The Morgan fingerprint density at radius 1 is 1.18 bits per heavy atom. The maximum absolute atomic E-state index is 12.4. The van der Waals surface area contributed by atoms with Gasteiger partial charge in [-0.25, -0.2) is 0 Å². The summed E-state index contributed by atoms with van der Waals surface area (Å²) in [5.74, 6) is -1.49. The highest BCUT2D eigenvalue weighted by Crippen LogP contribution is 2.09. The van der Waals surface area contributed by atoms with Crippen molar-refractivity contribution in [1.29, 1.82) is 0 Å². The zero-order valence-corrected chi connectivity index (χ0v) is 13.1. The first-order valence-corrected chi connectivity index (χ1v) is 7.32. The van der Waals surface area contributed by atoms with Crippen LogP contribution in [-0.2, 0) is 20.9 Å². The van der Waals surface area contributed by atoms with Crippen molar-refractivity contribution in [3.63, 3.8) is 0 Å². The van der Waals surface area contributed by atoms with Crippen LogP contribution < -0.4 is 5.73 Å². The first kappa shape index (κ1) is 17.8. The fourth-order valence-corrected chi connectivity index (χ4v) is 1.98. The molecule has 1 rings (SSSR count). The van der Waals surface area contributed by atoms with E-state index in [0.29, 0.717) is 25.9 Å². The highest BCUT2D eigenvalue weighted by atomic mass is 16.2. The lowest BCUT2D eigenvalue weighted by molar-refractivity contribution is -0.155. The minimum Gasteiger partial charge on any atom is -0.330 e. The number of imide groups is 1. The third-order valence-corrected chi connectivity index (χ3v) is 3.25. The molecule has 0 heterocycles. The van der Waals surface area contributed by atoms with Gasteiger partial charge in [0.25, 0.3) is 0 Å². The second-order valence-corrected chi connectivity index (χ2v) is 5.26. The molecule has 0 aliphatic rings. The lowest BCUT2D eigenvalue weighted by Crippen LogP contribution is -2.47. The highest BCUT2D eigenvalue weighted by Gasteiger charge is 2.28. The van der Waals surface area contributed by atoms with Crippen LogP contribution in [0.5, 0.6) is 0 Å². The lowest BCUT2D eigenvalue weighted by Gasteiger charge is -2.27. The summed E-state index contributed by atoms with van der Waals surface area (Å²) in [5, 5.41) is 0. The topological polar surface area (TPSA) is 83.7 Å². The number of nitrogens with zero attached hydrogens (tertiary/aromatic N) is 2. The zero-order valence-electron chi connectivity index (χ0n) is 13.1. The first-order chi connectivity index (χ1) is 10.5. The van der Waals surface area contributed by atoms with Gasteiger partial charge in [-0.3, -0.25) is 19.3 Å². The number of benzene rings is 1. The van der Waals surface area contributed by atoms with E-state index < -0.39 is 11.8 Å². The molecule has 3 amide bonds. The van der Waals surface area contributed by atoms with Gasteiger partial charge in [0.1, 0.15) is 0 Å². The molecule has 0 bridgehead atoms. The highest BCUT2D eigenvalue weighted by molar-refractivity contribution is 6.36. The maximum Gasteiger partial charge on any atom is 0.318 e. The van der Waals surface area contributed by atoms with Crippen molar-refractivity contribution < 1.29 is 14.4 Å². The van der Waals surface area contributed by atoms with Crippen molar-refractivity contribution in [2.24, 2.45) is 5.73 Å². The van der Waals surface area contributed by atoms with E-state index in [1.807, 2.05) is 44.2 Å². The van der Waals surface area contributed by atoms with Gasteiger partial charge in [0.15, 0.2) is 0 Å². The Morgan fingerprint density at radius 3 is 2.32 bits per heavy atom. The van der Waals surface area contributed by atoms with Crippen LogP contribution >= 0.6 is 0 Å². The molecule has 0 saturated carbocycles. The van der Waals surface area contributed by atoms with Gasteiger partial charge in [0.05, 0.1) is 0 Å². The summed E-state index contributed by atoms with van der Waals surface area (Å²) in [4.78, 5) is 37.9. The summed E-state index contributed by atoms with van der Waals surface area (Å²) in [7, 11) is 0. The molecular weight excluding hydrogens is 282 g/mol. The van der Waals surface area contributed by atoms with E-state index in [1.54, 1.807) is 0 Å². The van der Waals surface area contributed by atoms with Gasteiger partial charge in [-0.2, -0.15) is 0 Å². The average Bonchev–Trinajstić information content (AvgIpc) is 2.53. The molecule has 0 aliphatic carbocycles. The Hall–Kier alpha value is -2.21. The summed E-state index contributed by atoms with van der Waals surface area (Å²) in [5.41, 5.74) is 6.30. The minimum atomic E-state index is -0.812. The van der Waals surface area contributed by atoms with Crippen LogP contribution in [0.1, 0.15) is 25.8 Å². The summed E-state index contributed by atoms with van der Waals surface area (Å²) >= 11 is 0. The third-order valence-electron chi connectivity index (χ3n) is 3.25. The van der Waals surface area contributed by atoms with E-state index in [-0.39, 0.29) is 12.6 Å². The first-order valence-electron chi connectivity index (χ1n) is 7.32. The van der Waals surface area contributed by atoms with Gasteiger partial charge < -0.3 is 10.6 Å². The lowest BCUT2D eigenvalue weighted by atomic mass is 10.2. The average molecular weight is 305 g/mol. The van der Waals surface area contributed by atoms with E-state index in [4.69, 9.17) is 5.73 Å². The number of amides is 3. The summed E-state index contributed by atoms with van der Waals surface area (Å²) in [6, 6.07) is 9.26. The fraction of sp³-hybridized carbons (Fsp3) is 0.438. The van der Waals surface area contributed by atoms with Crippen molar-refractivity contribution in [2.75, 3.05) is 13.1 Å². The maximum atomic E-state index is 12.4. The van der Waals surface area contributed by atoms with E-state index >= 15 is 0 Å². The molecule has 0 radical (unpaired) electrons. The predicted octanol–water partition coefficient (Wildman–Crippen LogP) is 0.757. The Balaban J connectivity index is 2.84. The number of carbonyl (C=O) groups is 3. The van der Waals surface area contributed by atoms with Gasteiger partial charge in [-0.1, -0.05) is 30.3 Å². The van der Waals surface area contributed by atoms with Crippen LogP contribution in [0.3, 0.4) is 0 Å². The van der Waals surface area contributed by atoms with Crippen LogP contribution in [0, 0.1) is 0 Å². The zero-order chi connectivity index (χ0) is 16.5. The van der Waals surface area contributed by atoms with Crippen LogP contribution in [-0.4, -0.2) is 47.2 Å². The monoisotopic (exact) mass is 305 g/mol. The molecule has 6 nitrogen and oxygen atoms in total. The van der Waals surface area contributed by atoms with Gasteiger partial charge in [0.2, 0.25) is 6.41 Å². The normalized spacial score (nSPS) is 10.4. The van der Waals surface area contributed by atoms with Crippen molar-refractivity contribution >= 4 is 18.2 Å². The van der Waals surface area contributed by atoms with E-state index in [0.717, 1.165) is 10.5 Å². The molecule has 6 heteroatoms. The molecule has 0 spiro atoms. The second-order valence-electron chi connectivity index (χ2n) is 5.26. The smallest absolute Gasteiger partial charge is 0.318 e. The molecule has 120 valence electrons. The molecule has 0 unspecified atom stereocenters. The largest absolute Gasteiger partial charge is 0.330 e. The summed E-state index contributed by atoms with van der Waals surface area (Å²) < 4.78 is 0. The quantitative estimate of drug-likeness (QED) is 0.595. The Labute approximate surface area is 130 Å².